The summed E-state index contributed by atoms with van der Waals surface area (Å²) in [5, 5.41) is 4.50. The van der Waals surface area contributed by atoms with Crippen molar-refractivity contribution in [3.63, 3.8) is 0 Å². The first-order valence-corrected chi connectivity index (χ1v) is 8.97. The van der Waals surface area contributed by atoms with Gasteiger partial charge in [-0.3, -0.25) is 0 Å². The van der Waals surface area contributed by atoms with Gasteiger partial charge in [-0.15, -0.1) is 0 Å². The Bertz CT molecular complexity index is 868. The van der Waals surface area contributed by atoms with Gasteiger partial charge < -0.3 is 10.1 Å². The largest absolute Gasteiger partial charge is 0.489 e. The van der Waals surface area contributed by atoms with Crippen LogP contribution in [0, 0.1) is 5.82 Å². The molecule has 0 aliphatic rings. The highest BCUT2D eigenvalue weighted by Gasteiger charge is 2.04. The van der Waals surface area contributed by atoms with Crippen molar-refractivity contribution < 1.29 is 9.13 Å². The zero-order valence-electron chi connectivity index (χ0n) is 14.0. The third-order valence-corrected chi connectivity index (χ3v) is 4.66. The van der Waals surface area contributed by atoms with E-state index in [-0.39, 0.29) is 5.82 Å². The Morgan fingerprint density at radius 2 is 1.58 bits per heavy atom. The minimum Gasteiger partial charge on any atom is -0.489 e. The van der Waals surface area contributed by atoms with E-state index in [4.69, 9.17) is 27.9 Å². The van der Waals surface area contributed by atoms with E-state index in [1.165, 1.54) is 12.1 Å². The maximum Gasteiger partial charge on any atom is 0.124 e. The van der Waals surface area contributed by atoms with Crippen molar-refractivity contribution in [2.45, 2.75) is 19.7 Å². The molecule has 5 heteroatoms. The summed E-state index contributed by atoms with van der Waals surface area (Å²) in [4.78, 5) is 0. The SMILES string of the molecule is Fc1ccc(COc2ccc(CNCc3ccccc3Cl)cc2)c(Cl)c1. The Balaban J connectivity index is 1.49. The molecule has 0 fully saturated rings. The van der Waals surface area contributed by atoms with Crippen molar-refractivity contribution in [1.82, 2.24) is 5.32 Å². The predicted octanol–water partition coefficient (Wildman–Crippen LogP) is 6.00. The van der Waals surface area contributed by atoms with Crippen LogP contribution in [0.1, 0.15) is 16.7 Å². The lowest BCUT2D eigenvalue weighted by molar-refractivity contribution is 0.306. The van der Waals surface area contributed by atoms with Crippen LogP contribution in [0.3, 0.4) is 0 Å². The van der Waals surface area contributed by atoms with Gasteiger partial charge in [0.25, 0.3) is 0 Å². The molecule has 3 aromatic rings. The lowest BCUT2D eigenvalue weighted by Crippen LogP contribution is -2.12. The van der Waals surface area contributed by atoms with Crippen LogP contribution >= 0.6 is 23.2 Å². The second-order valence-electron chi connectivity index (χ2n) is 5.86. The monoisotopic (exact) mass is 389 g/mol. The van der Waals surface area contributed by atoms with Crippen LogP contribution in [0.4, 0.5) is 4.39 Å². The van der Waals surface area contributed by atoms with E-state index in [1.54, 1.807) is 6.07 Å². The van der Waals surface area contributed by atoms with Crippen LogP contribution < -0.4 is 10.1 Å². The van der Waals surface area contributed by atoms with Gasteiger partial charge in [0.1, 0.15) is 18.2 Å². The third-order valence-electron chi connectivity index (χ3n) is 3.94. The Morgan fingerprint density at radius 3 is 2.31 bits per heavy atom. The van der Waals surface area contributed by atoms with E-state index in [0.717, 1.165) is 34.0 Å². The van der Waals surface area contributed by atoms with E-state index in [9.17, 15) is 4.39 Å². The average molecular weight is 390 g/mol. The molecule has 0 aromatic heterocycles. The molecule has 134 valence electrons. The molecule has 0 aliphatic heterocycles. The standard InChI is InChI=1S/C21H18Cl2FNO/c22-20-4-2-1-3-16(20)13-25-12-15-5-9-19(10-6-15)26-14-17-7-8-18(24)11-21(17)23/h1-11,25H,12-14H2. The maximum atomic E-state index is 13.0. The third kappa shape index (κ3) is 5.21. The van der Waals surface area contributed by atoms with E-state index in [0.29, 0.717) is 18.2 Å². The highest BCUT2D eigenvalue weighted by Crippen LogP contribution is 2.20. The van der Waals surface area contributed by atoms with Crippen LogP contribution in [-0.2, 0) is 19.7 Å². The molecule has 1 N–H and O–H groups in total. The molecule has 3 aromatic carbocycles. The van der Waals surface area contributed by atoms with E-state index < -0.39 is 0 Å². The van der Waals surface area contributed by atoms with Gasteiger partial charge in [0, 0.05) is 23.7 Å². The summed E-state index contributed by atoms with van der Waals surface area (Å²) in [5.74, 6) is 0.382. The molecule has 0 aliphatic carbocycles. The molecule has 0 amide bonds. The van der Waals surface area contributed by atoms with Crippen molar-refractivity contribution in [3.05, 3.63) is 99.3 Å². The number of hydrogen-bond donors (Lipinski definition) is 1. The summed E-state index contributed by atoms with van der Waals surface area (Å²) in [5.41, 5.74) is 2.97. The quantitative estimate of drug-likeness (QED) is 0.534. The van der Waals surface area contributed by atoms with Gasteiger partial charge >= 0.3 is 0 Å². The average Bonchev–Trinajstić information content (AvgIpc) is 2.64. The summed E-state index contributed by atoms with van der Waals surface area (Å²) >= 11 is 12.1. The highest BCUT2D eigenvalue weighted by atomic mass is 35.5. The van der Waals surface area contributed by atoms with Crippen molar-refractivity contribution in [3.8, 4) is 5.75 Å². The number of rotatable bonds is 7. The summed E-state index contributed by atoms with van der Waals surface area (Å²) < 4.78 is 18.8. The van der Waals surface area contributed by atoms with Gasteiger partial charge in [0.05, 0.1) is 5.02 Å². The van der Waals surface area contributed by atoms with Gasteiger partial charge in [-0.25, -0.2) is 4.39 Å². The first kappa shape index (κ1) is 18.7. The van der Waals surface area contributed by atoms with Gasteiger partial charge in [0.2, 0.25) is 0 Å². The summed E-state index contributed by atoms with van der Waals surface area (Å²) in [6, 6.07) is 19.9. The van der Waals surface area contributed by atoms with Crippen molar-refractivity contribution >= 4 is 23.2 Å². The van der Waals surface area contributed by atoms with Crippen LogP contribution in [0.2, 0.25) is 10.0 Å². The second-order valence-corrected chi connectivity index (χ2v) is 6.68. The normalized spacial score (nSPS) is 10.7. The highest BCUT2D eigenvalue weighted by molar-refractivity contribution is 6.31. The molecular weight excluding hydrogens is 372 g/mol. The number of ether oxygens (including phenoxy) is 1. The van der Waals surface area contributed by atoms with Gasteiger partial charge in [-0.2, -0.15) is 0 Å². The van der Waals surface area contributed by atoms with E-state index in [1.807, 2.05) is 48.5 Å². The molecule has 0 atom stereocenters. The summed E-state index contributed by atoms with van der Waals surface area (Å²) in [7, 11) is 0. The van der Waals surface area contributed by atoms with Crippen LogP contribution in [-0.4, -0.2) is 0 Å². The fourth-order valence-corrected chi connectivity index (χ4v) is 2.91. The molecule has 2 nitrogen and oxygen atoms in total. The Kier molecular flexibility index (Phi) is 6.51. The molecule has 0 saturated heterocycles. The molecule has 26 heavy (non-hydrogen) atoms. The van der Waals surface area contributed by atoms with Crippen LogP contribution in [0.25, 0.3) is 0 Å². The Labute approximate surface area is 162 Å². The number of halogens is 3. The number of benzene rings is 3. The zero-order chi connectivity index (χ0) is 18.4. The minimum absolute atomic E-state index is 0.295. The van der Waals surface area contributed by atoms with Crippen molar-refractivity contribution in [2.24, 2.45) is 0 Å². The summed E-state index contributed by atoms with van der Waals surface area (Å²) in [6.07, 6.45) is 0. The molecular formula is C21H18Cl2FNO. The molecule has 0 bridgehead atoms. The topological polar surface area (TPSA) is 21.3 Å². The van der Waals surface area contributed by atoms with Crippen LogP contribution in [0.5, 0.6) is 5.75 Å². The van der Waals surface area contributed by atoms with E-state index in [2.05, 4.69) is 5.32 Å². The molecule has 0 spiro atoms. The Morgan fingerprint density at radius 1 is 0.808 bits per heavy atom. The molecule has 0 unspecified atom stereocenters. The smallest absolute Gasteiger partial charge is 0.124 e. The molecule has 3 rings (SSSR count). The lowest BCUT2D eigenvalue weighted by atomic mass is 10.2. The fourth-order valence-electron chi connectivity index (χ4n) is 2.49. The fraction of sp³-hybridized carbons (Fsp3) is 0.143. The van der Waals surface area contributed by atoms with E-state index >= 15 is 0 Å². The minimum atomic E-state index is -0.354. The molecule has 0 saturated carbocycles. The van der Waals surface area contributed by atoms with Crippen molar-refractivity contribution in [1.29, 1.82) is 0 Å². The first-order valence-electron chi connectivity index (χ1n) is 8.21. The van der Waals surface area contributed by atoms with Crippen molar-refractivity contribution in [2.75, 3.05) is 0 Å². The van der Waals surface area contributed by atoms with Crippen LogP contribution in [0.15, 0.2) is 66.7 Å². The summed E-state index contributed by atoms with van der Waals surface area (Å²) in [6.45, 7) is 1.74. The molecule has 0 radical (unpaired) electrons. The van der Waals surface area contributed by atoms with Gasteiger partial charge in [0.15, 0.2) is 0 Å². The zero-order valence-corrected chi connectivity index (χ0v) is 15.5. The maximum absolute atomic E-state index is 13.0. The van der Waals surface area contributed by atoms with Gasteiger partial charge in [-0.1, -0.05) is 59.6 Å². The molecule has 0 heterocycles. The van der Waals surface area contributed by atoms with Gasteiger partial charge in [-0.05, 0) is 41.5 Å². The number of hydrogen-bond acceptors (Lipinski definition) is 2. The second kappa shape index (κ2) is 9.04. The number of nitrogens with one attached hydrogen (secondary N) is 1. The lowest BCUT2D eigenvalue weighted by Gasteiger charge is -2.10. The predicted molar refractivity (Wildman–Crippen MR) is 104 cm³/mol. The first-order chi connectivity index (χ1) is 12.6. The Hall–Kier alpha value is -2.07.